The molecule has 5 N–H and O–H groups in total. The van der Waals surface area contributed by atoms with Gasteiger partial charge in [0.1, 0.15) is 17.4 Å². The molecule has 8 aliphatic rings. The molecule has 1 aliphatic carbocycles. The van der Waals surface area contributed by atoms with E-state index in [9.17, 15) is 34.8 Å². The normalized spacial score (nSPS) is 47.3. The van der Waals surface area contributed by atoms with Gasteiger partial charge in [-0.1, -0.05) is 48.5 Å². The number of Topliss-reactive ketones (excluding diaryl/α,β-unsaturated/α-hetero) is 1. The highest BCUT2D eigenvalue weighted by Crippen LogP contribution is 2.57. The SMILES string of the molecule is CC1=C2C(=CO[C@H](C)[C@H]2C)C(O)=C(C(=O)O)C1=O.CO[C@@H]1C[C@@H](C[C@H]2CC[C@H](C)[C@H]([C@@H](C)C(=O)O)O2)O[C@]2(O[C@](C)([C@H]3CC[C@@](C)([C@@H]4O[C@@H]([C@H]5O[C@@](O)(CO)[C@H](C)C[C@@H]5C)C[C@@H]4C)O3)C[C@H]2C)[C@@H]1C. The van der Waals surface area contributed by atoms with Crippen LogP contribution in [0, 0.1) is 47.3 Å². The van der Waals surface area contributed by atoms with Gasteiger partial charge >= 0.3 is 11.9 Å². The number of carboxylic acids is 2. The van der Waals surface area contributed by atoms with Crippen LogP contribution in [0.1, 0.15) is 141 Å². The van der Waals surface area contributed by atoms with Gasteiger partial charge in [0, 0.05) is 49.2 Å². The Morgan fingerprint density at radius 3 is 2.20 bits per heavy atom. The van der Waals surface area contributed by atoms with Crippen molar-refractivity contribution in [3.8, 4) is 0 Å². The Bertz CT molecular complexity index is 2030. The number of carbonyl (C=O) groups excluding carboxylic acids is 1. The molecule has 6 saturated heterocycles. The highest BCUT2D eigenvalue weighted by Gasteiger charge is 2.65. The van der Waals surface area contributed by atoms with Gasteiger partial charge in [0.05, 0.1) is 84.4 Å². The molecule has 1 spiro atoms. The van der Waals surface area contributed by atoms with Gasteiger partial charge in [-0.2, -0.15) is 0 Å². The summed E-state index contributed by atoms with van der Waals surface area (Å²) in [4.78, 5) is 34.8. The zero-order valence-electron chi connectivity index (χ0n) is 43.2. The number of hydrogen-bond acceptors (Lipinski definition) is 14. The molecule has 8 rings (SSSR count). The highest BCUT2D eigenvalue weighted by atomic mass is 16.7. The molecule has 0 aromatic rings. The van der Waals surface area contributed by atoms with Crippen LogP contribution >= 0.6 is 0 Å². The highest BCUT2D eigenvalue weighted by molar-refractivity contribution is 6.25. The van der Waals surface area contributed by atoms with Crippen LogP contribution in [0.5, 0.6) is 0 Å². The molecular weight excluding hydrogens is 893 g/mol. The van der Waals surface area contributed by atoms with Gasteiger partial charge in [-0.15, -0.1) is 0 Å². The number of fused-ring (bicyclic) bond motifs is 1. The first-order valence-electron chi connectivity index (χ1n) is 25.7. The van der Waals surface area contributed by atoms with Crippen molar-refractivity contribution in [2.45, 2.75) is 219 Å². The molecular formula is C53H82O16. The summed E-state index contributed by atoms with van der Waals surface area (Å²) in [5.74, 6) is -5.90. The van der Waals surface area contributed by atoms with Crippen molar-refractivity contribution in [1.29, 1.82) is 0 Å². The molecule has 16 heteroatoms. The zero-order valence-corrected chi connectivity index (χ0v) is 43.2. The molecule has 7 aliphatic heterocycles. The largest absolute Gasteiger partial charge is 0.506 e. The molecule has 21 atom stereocenters. The van der Waals surface area contributed by atoms with Gasteiger partial charge in [0.2, 0.25) is 0 Å². The lowest BCUT2D eigenvalue weighted by Crippen LogP contribution is -2.58. The van der Waals surface area contributed by atoms with Gasteiger partial charge in [0.15, 0.2) is 17.4 Å². The van der Waals surface area contributed by atoms with Crippen LogP contribution < -0.4 is 0 Å². The Morgan fingerprint density at radius 2 is 1.57 bits per heavy atom. The number of aliphatic hydroxyl groups is 3. The summed E-state index contributed by atoms with van der Waals surface area (Å²) < 4.78 is 52.3. The number of allylic oxidation sites excluding steroid dienone is 2. The number of methoxy groups -OCH3 is 1. The number of aliphatic carboxylic acids is 2. The maximum absolute atomic E-state index is 12.0. The second kappa shape index (κ2) is 20.2. The summed E-state index contributed by atoms with van der Waals surface area (Å²) in [7, 11) is 1.77. The van der Waals surface area contributed by atoms with E-state index in [0.29, 0.717) is 23.1 Å². The monoisotopic (exact) mass is 975 g/mol. The van der Waals surface area contributed by atoms with Crippen molar-refractivity contribution in [2.75, 3.05) is 13.7 Å². The van der Waals surface area contributed by atoms with E-state index >= 15 is 0 Å². The van der Waals surface area contributed by atoms with Crippen molar-refractivity contribution in [3.05, 3.63) is 34.3 Å². The fourth-order valence-corrected chi connectivity index (χ4v) is 13.6. The first-order chi connectivity index (χ1) is 32.2. The third-order valence-electron chi connectivity index (χ3n) is 18.0. The molecule has 0 bridgehead atoms. The molecule has 7 heterocycles. The molecule has 16 nitrogen and oxygen atoms in total. The Labute approximate surface area is 408 Å². The van der Waals surface area contributed by atoms with Gasteiger partial charge in [-0.25, -0.2) is 4.79 Å². The van der Waals surface area contributed by atoms with Crippen LogP contribution in [-0.4, -0.2) is 135 Å². The molecule has 0 unspecified atom stereocenters. The zero-order chi connectivity index (χ0) is 50.9. The van der Waals surface area contributed by atoms with Crippen molar-refractivity contribution >= 4 is 17.7 Å². The second-order valence-electron chi connectivity index (χ2n) is 22.9. The van der Waals surface area contributed by atoms with Crippen molar-refractivity contribution in [2.24, 2.45) is 47.3 Å². The number of hydrogen-bond donors (Lipinski definition) is 5. The number of ketones is 1. The van der Waals surface area contributed by atoms with E-state index in [0.717, 1.165) is 51.4 Å². The van der Waals surface area contributed by atoms with Crippen LogP contribution in [0.25, 0.3) is 0 Å². The van der Waals surface area contributed by atoms with Gasteiger partial charge in [-0.05, 0) is 103 Å². The Kier molecular flexibility index (Phi) is 15.7. The number of aliphatic hydroxyl groups excluding tert-OH is 2. The van der Waals surface area contributed by atoms with Crippen LogP contribution in [-0.2, 0) is 52.3 Å². The van der Waals surface area contributed by atoms with Gasteiger partial charge < -0.3 is 63.4 Å². The number of ether oxygens (including phenoxy) is 8. The minimum Gasteiger partial charge on any atom is -0.506 e. The minimum atomic E-state index is -1.55. The molecule has 390 valence electrons. The van der Waals surface area contributed by atoms with Crippen molar-refractivity contribution in [3.63, 3.8) is 0 Å². The molecule has 6 fully saturated rings. The fourth-order valence-electron chi connectivity index (χ4n) is 13.6. The van der Waals surface area contributed by atoms with E-state index in [2.05, 4.69) is 48.5 Å². The third-order valence-corrected chi connectivity index (χ3v) is 18.0. The average molecular weight is 975 g/mol. The maximum atomic E-state index is 12.0. The third kappa shape index (κ3) is 9.85. The number of carboxylic acid groups (broad SMARTS) is 2. The van der Waals surface area contributed by atoms with Crippen LogP contribution in [0.15, 0.2) is 34.3 Å². The molecule has 0 amide bonds. The first kappa shape index (κ1) is 53.9. The summed E-state index contributed by atoms with van der Waals surface area (Å²) in [5, 5.41) is 49.6. The quantitative estimate of drug-likeness (QED) is 0.134. The van der Waals surface area contributed by atoms with E-state index in [1.54, 1.807) is 21.0 Å². The Morgan fingerprint density at radius 1 is 0.870 bits per heavy atom. The summed E-state index contributed by atoms with van der Waals surface area (Å²) in [6.07, 6.45) is 7.06. The van der Waals surface area contributed by atoms with Crippen LogP contribution in [0.2, 0.25) is 0 Å². The van der Waals surface area contributed by atoms with E-state index < -0.39 is 64.4 Å². The van der Waals surface area contributed by atoms with E-state index in [1.807, 2.05) is 20.8 Å². The van der Waals surface area contributed by atoms with Gasteiger partial charge in [0.25, 0.3) is 0 Å². The number of carbonyl (C=O) groups is 3. The van der Waals surface area contributed by atoms with Crippen molar-refractivity contribution < 1.29 is 77.8 Å². The van der Waals surface area contributed by atoms with Crippen LogP contribution in [0.4, 0.5) is 0 Å². The standard InChI is InChI=1S/C40H68O11.C13H14O5/c1-21-11-12-28(46-33(21)26(6)36(42)43)17-29-18-30(45-10)27(7)40(48-29)25(5)19-38(9,51-40)32-13-14-37(8,49-32)35-23(3)16-31(47-35)34-22(2)15-24(4)39(44,20-41)50-34;1-5-7(3)18-4-8-9(5)6(2)11(14)10(12(8)15)13(16)17/h21-35,41,44H,11-20H2,1-10H3,(H,42,43);4-5,7,15H,1-3H3,(H,16,17)/t21-,22-,23-,24+,25+,26+,27+,28+,29+,30+,31+,32+,33+,34-,35+,37-,38-,39-,40+;5-,7-/m01/s1. The maximum Gasteiger partial charge on any atom is 0.343 e. The summed E-state index contributed by atoms with van der Waals surface area (Å²) in [6, 6.07) is 0. The van der Waals surface area contributed by atoms with E-state index in [4.69, 9.17) is 43.0 Å². The molecule has 0 radical (unpaired) electrons. The molecule has 69 heavy (non-hydrogen) atoms. The lowest BCUT2D eigenvalue weighted by Gasteiger charge is -2.50. The lowest BCUT2D eigenvalue weighted by molar-refractivity contribution is -0.353. The minimum absolute atomic E-state index is 0.00727. The molecule has 0 saturated carbocycles. The fraction of sp³-hybridized carbons (Fsp3) is 0.830. The Balaban J connectivity index is 0.000000327. The topological polar surface area (TPSA) is 226 Å². The first-order valence-corrected chi connectivity index (χ1v) is 25.7. The van der Waals surface area contributed by atoms with E-state index in [-0.39, 0.29) is 96.4 Å². The summed E-state index contributed by atoms with van der Waals surface area (Å²) in [6.45, 7) is 23.7. The van der Waals surface area contributed by atoms with Gasteiger partial charge in [-0.3, -0.25) is 9.59 Å². The average Bonchev–Trinajstić information content (AvgIpc) is 3.97. The van der Waals surface area contributed by atoms with Crippen molar-refractivity contribution in [1.82, 2.24) is 0 Å². The number of rotatable bonds is 10. The van der Waals surface area contributed by atoms with Crippen LogP contribution in [0.3, 0.4) is 0 Å². The molecule has 0 aromatic carbocycles. The summed E-state index contributed by atoms with van der Waals surface area (Å²) >= 11 is 0. The predicted molar refractivity (Wildman–Crippen MR) is 252 cm³/mol. The lowest BCUT2D eigenvalue weighted by atomic mass is 9.78. The molecule has 0 aromatic heterocycles. The predicted octanol–water partition coefficient (Wildman–Crippen LogP) is 7.43. The summed E-state index contributed by atoms with van der Waals surface area (Å²) in [5.41, 5.74) is -0.359. The Hall–Kier alpha value is -2.93. The second-order valence-corrected chi connectivity index (χ2v) is 22.9. The van der Waals surface area contributed by atoms with E-state index in [1.165, 1.54) is 6.26 Å². The smallest absolute Gasteiger partial charge is 0.343 e.